The van der Waals surface area contributed by atoms with Crippen LogP contribution in [0.4, 0.5) is 0 Å². The molecule has 1 aromatic heterocycles. The molecule has 2 rings (SSSR count). The maximum absolute atomic E-state index is 12.4. The Morgan fingerprint density at radius 3 is 2.89 bits per heavy atom. The molecule has 3 amide bonds. The van der Waals surface area contributed by atoms with Crippen molar-refractivity contribution in [1.29, 1.82) is 0 Å². The van der Waals surface area contributed by atoms with Gasteiger partial charge in [-0.05, 0) is 13.3 Å². The number of rotatable bonds is 3. The zero-order chi connectivity index (χ0) is 14.0. The highest BCUT2D eigenvalue weighted by molar-refractivity contribution is 6.04. The molecule has 0 bridgehead atoms. The summed E-state index contributed by atoms with van der Waals surface area (Å²) in [5.41, 5.74) is 0. The fraction of sp³-hybridized carbons (Fsp3) is 0.545. The summed E-state index contributed by atoms with van der Waals surface area (Å²) >= 11 is 0. The molecule has 1 fully saturated rings. The van der Waals surface area contributed by atoms with Crippen molar-refractivity contribution in [2.24, 2.45) is 0 Å². The van der Waals surface area contributed by atoms with E-state index in [1.807, 2.05) is 0 Å². The molecule has 1 aromatic rings. The topological polar surface area (TPSA) is 97.2 Å². The van der Waals surface area contributed by atoms with Gasteiger partial charge in [0.05, 0.1) is 0 Å². The molecule has 1 aliphatic heterocycles. The van der Waals surface area contributed by atoms with Crippen LogP contribution < -0.4 is 5.32 Å². The Bertz CT molecular complexity index is 498. The van der Waals surface area contributed by atoms with Crippen LogP contribution in [0, 0.1) is 0 Å². The number of amides is 3. The van der Waals surface area contributed by atoms with Gasteiger partial charge in [-0.25, -0.2) is 9.67 Å². The minimum atomic E-state index is -0.615. The van der Waals surface area contributed by atoms with Crippen LogP contribution in [-0.4, -0.2) is 50.0 Å². The number of hydrogen-bond donors (Lipinski definition) is 1. The predicted molar refractivity (Wildman–Crippen MR) is 63.7 cm³/mol. The lowest BCUT2D eigenvalue weighted by Gasteiger charge is -2.34. The summed E-state index contributed by atoms with van der Waals surface area (Å²) in [7, 11) is 0. The Balaban J connectivity index is 2.20. The molecule has 8 nitrogen and oxygen atoms in total. The minimum absolute atomic E-state index is 0.109. The van der Waals surface area contributed by atoms with Crippen LogP contribution in [0.1, 0.15) is 26.3 Å². The van der Waals surface area contributed by atoms with Crippen LogP contribution in [0.25, 0.3) is 0 Å². The maximum Gasteiger partial charge on any atom is 0.249 e. The van der Waals surface area contributed by atoms with Crippen molar-refractivity contribution < 1.29 is 14.4 Å². The van der Waals surface area contributed by atoms with E-state index < -0.39 is 23.9 Å². The maximum atomic E-state index is 12.4. The van der Waals surface area contributed by atoms with Crippen LogP contribution in [-0.2, 0) is 14.4 Å². The van der Waals surface area contributed by atoms with Crippen molar-refractivity contribution in [3.8, 4) is 0 Å². The Morgan fingerprint density at radius 2 is 2.32 bits per heavy atom. The summed E-state index contributed by atoms with van der Waals surface area (Å²) in [5.74, 6) is -1.22. The number of piperazine rings is 1. The predicted octanol–water partition coefficient (Wildman–Crippen LogP) is -0.897. The number of nitrogens with one attached hydrogen (secondary N) is 1. The third kappa shape index (κ3) is 2.47. The van der Waals surface area contributed by atoms with Gasteiger partial charge in [-0.1, -0.05) is 6.92 Å². The van der Waals surface area contributed by atoms with Crippen molar-refractivity contribution in [2.75, 3.05) is 6.54 Å². The molecule has 2 heterocycles. The SMILES string of the molecule is CCC1C(=O)NC(=O)CN1C(=O)C(C)n1cncn1. The summed E-state index contributed by atoms with van der Waals surface area (Å²) in [5, 5.41) is 6.13. The lowest BCUT2D eigenvalue weighted by molar-refractivity contribution is -0.151. The molecule has 19 heavy (non-hydrogen) atoms. The third-order valence-corrected chi connectivity index (χ3v) is 3.12. The fourth-order valence-electron chi connectivity index (χ4n) is 2.07. The number of imide groups is 1. The second-order valence-electron chi connectivity index (χ2n) is 4.35. The highest BCUT2D eigenvalue weighted by atomic mass is 16.2. The van der Waals surface area contributed by atoms with E-state index >= 15 is 0 Å². The number of nitrogens with zero attached hydrogens (tertiary/aromatic N) is 4. The third-order valence-electron chi connectivity index (χ3n) is 3.12. The van der Waals surface area contributed by atoms with Gasteiger partial charge in [0.15, 0.2) is 0 Å². The average molecular weight is 265 g/mol. The molecule has 1 N–H and O–H groups in total. The van der Waals surface area contributed by atoms with Gasteiger partial charge in [0, 0.05) is 0 Å². The van der Waals surface area contributed by atoms with Crippen LogP contribution in [0.3, 0.4) is 0 Å². The Kier molecular flexibility index (Phi) is 3.59. The zero-order valence-corrected chi connectivity index (χ0v) is 10.7. The van der Waals surface area contributed by atoms with Crippen LogP contribution in [0.15, 0.2) is 12.7 Å². The first-order chi connectivity index (χ1) is 9.04. The van der Waals surface area contributed by atoms with E-state index in [9.17, 15) is 14.4 Å². The molecule has 0 spiro atoms. The quantitative estimate of drug-likeness (QED) is 0.714. The Hall–Kier alpha value is -2.25. The second-order valence-corrected chi connectivity index (χ2v) is 4.35. The van der Waals surface area contributed by atoms with E-state index in [0.29, 0.717) is 6.42 Å². The first-order valence-corrected chi connectivity index (χ1v) is 6.03. The van der Waals surface area contributed by atoms with E-state index in [0.717, 1.165) is 0 Å². The minimum Gasteiger partial charge on any atom is -0.319 e. The molecule has 102 valence electrons. The summed E-state index contributed by atoms with van der Waals surface area (Å²) in [6, 6.07) is -1.22. The molecular weight excluding hydrogens is 250 g/mol. The van der Waals surface area contributed by atoms with Crippen molar-refractivity contribution >= 4 is 17.7 Å². The van der Waals surface area contributed by atoms with E-state index in [4.69, 9.17) is 0 Å². The molecule has 2 unspecified atom stereocenters. The lowest BCUT2D eigenvalue weighted by Crippen LogP contribution is -2.60. The standard InChI is InChI=1S/C11H15N5O3/c1-3-8-10(18)14-9(17)4-15(8)11(19)7(2)16-6-12-5-13-16/h5-8H,3-4H2,1-2H3,(H,14,17,18). The van der Waals surface area contributed by atoms with E-state index in [2.05, 4.69) is 15.4 Å². The largest absolute Gasteiger partial charge is 0.319 e. The summed E-state index contributed by atoms with van der Waals surface area (Å²) in [6.07, 6.45) is 3.21. The number of carbonyl (C=O) groups excluding carboxylic acids is 3. The van der Waals surface area contributed by atoms with Gasteiger partial charge in [-0.3, -0.25) is 19.7 Å². The average Bonchev–Trinajstić information content (AvgIpc) is 2.90. The Labute approximate surface area is 109 Å². The normalized spacial score (nSPS) is 21.2. The summed E-state index contributed by atoms with van der Waals surface area (Å²) in [4.78, 5) is 40.5. The van der Waals surface area contributed by atoms with Gasteiger partial charge in [0.25, 0.3) is 0 Å². The zero-order valence-electron chi connectivity index (χ0n) is 10.7. The molecule has 0 aromatic carbocycles. The van der Waals surface area contributed by atoms with Gasteiger partial charge in [-0.2, -0.15) is 5.10 Å². The Morgan fingerprint density at radius 1 is 1.58 bits per heavy atom. The van der Waals surface area contributed by atoms with E-state index in [1.165, 1.54) is 22.2 Å². The molecule has 8 heteroatoms. The van der Waals surface area contributed by atoms with Gasteiger partial charge in [0.2, 0.25) is 17.7 Å². The van der Waals surface area contributed by atoms with Crippen molar-refractivity contribution in [2.45, 2.75) is 32.4 Å². The molecule has 0 radical (unpaired) electrons. The van der Waals surface area contributed by atoms with Crippen LogP contribution in [0.2, 0.25) is 0 Å². The van der Waals surface area contributed by atoms with Gasteiger partial charge in [-0.15, -0.1) is 0 Å². The number of carbonyl (C=O) groups is 3. The van der Waals surface area contributed by atoms with Crippen LogP contribution >= 0.6 is 0 Å². The monoisotopic (exact) mass is 265 g/mol. The number of hydrogen-bond acceptors (Lipinski definition) is 5. The molecular formula is C11H15N5O3. The first kappa shape index (κ1) is 13.2. The molecule has 2 atom stereocenters. The van der Waals surface area contributed by atoms with Gasteiger partial charge in [0.1, 0.15) is 31.3 Å². The lowest BCUT2D eigenvalue weighted by atomic mass is 10.1. The summed E-state index contributed by atoms with van der Waals surface area (Å²) in [6.45, 7) is 3.34. The van der Waals surface area contributed by atoms with E-state index in [1.54, 1.807) is 13.8 Å². The number of aromatic nitrogens is 3. The second kappa shape index (κ2) is 5.17. The van der Waals surface area contributed by atoms with Crippen LogP contribution in [0.5, 0.6) is 0 Å². The summed E-state index contributed by atoms with van der Waals surface area (Å²) < 4.78 is 1.39. The van der Waals surface area contributed by atoms with Crippen molar-refractivity contribution in [3.05, 3.63) is 12.7 Å². The molecule has 1 aliphatic rings. The molecule has 1 saturated heterocycles. The van der Waals surface area contributed by atoms with Gasteiger partial charge >= 0.3 is 0 Å². The van der Waals surface area contributed by atoms with Gasteiger partial charge < -0.3 is 4.90 Å². The van der Waals surface area contributed by atoms with Crippen molar-refractivity contribution in [3.63, 3.8) is 0 Å². The highest BCUT2D eigenvalue weighted by Gasteiger charge is 2.37. The first-order valence-electron chi connectivity index (χ1n) is 6.03. The molecule has 0 saturated carbocycles. The smallest absolute Gasteiger partial charge is 0.249 e. The van der Waals surface area contributed by atoms with E-state index in [-0.39, 0.29) is 12.5 Å². The van der Waals surface area contributed by atoms with Crippen molar-refractivity contribution in [1.82, 2.24) is 25.0 Å². The fourth-order valence-corrected chi connectivity index (χ4v) is 2.07. The molecule has 0 aliphatic carbocycles. The highest BCUT2D eigenvalue weighted by Crippen LogP contribution is 2.15.